The number of carbonyl (C=O) groups excluding carboxylic acids is 1. The lowest BCUT2D eigenvalue weighted by atomic mass is 10.3. The Bertz CT molecular complexity index is 683. The number of hydrogen-bond acceptors (Lipinski definition) is 5. The van der Waals surface area contributed by atoms with E-state index in [1.807, 2.05) is 0 Å². The van der Waals surface area contributed by atoms with Crippen LogP contribution in [-0.2, 0) is 11.3 Å². The van der Waals surface area contributed by atoms with Gasteiger partial charge in [0, 0.05) is 5.69 Å². The molecular weight excluding hydrogens is 314 g/mol. The normalized spacial score (nSPS) is 10.2. The minimum absolute atomic E-state index is 0.160. The number of benzene rings is 1. The van der Waals surface area contributed by atoms with Gasteiger partial charge in [-0.15, -0.1) is 5.10 Å². The maximum Gasteiger partial charge on any atom is 0.327 e. The number of unbranched alkanes of at least 4 members (excludes halogenated alkanes) is 1. The van der Waals surface area contributed by atoms with E-state index in [1.165, 1.54) is 6.20 Å². The number of urea groups is 1. The largest absolute Gasteiger partial charge is 0.494 e. The molecule has 0 saturated carbocycles. The molecule has 0 fully saturated rings. The lowest BCUT2D eigenvalue weighted by Crippen LogP contribution is -2.20. The molecule has 1 heterocycles. The van der Waals surface area contributed by atoms with E-state index < -0.39 is 12.0 Å². The van der Waals surface area contributed by atoms with Gasteiger partial charge in [-0.2, -0.15) is 9.90 Å². The highest BCUT2D eigenvalue weighted by Crippen LogP contribution is 2.16. The second kappa shape index (κ2) is 8.51. The van der Waals surface area contributed by atoms with Gasteiger partial charge in [0.25, 0.3) is 0 Å². The number of nitrogens with zero attached hydrogens (tertiary/aromatic N) is 3. The molecule has 0 aliphatic carbocycles. The van der Waals surface area contributed by atoms with E-state index in [0.717, 1.165) is 23.4 Å². The van der Waals surface area contributed by atoms with Crippen molar-refractivity contribution in [2.75, 3.05) is 17.2 Å². The van der Waals surface area contributed by atoms with Gasteiger partial charge < -0.3 is 15.2 Å². The van der Waals surface area contributed by atoms with Crippen LogP contribution < -0.4 is 15.4 Å². The van der Waals surface area contributed by atoms with Crippen molar-refractivity contribution in [3.05, 3.63) is 30.5 Å². The van der Waals surface area contributed by atoms with Gasteiger partial charge in [0.05, 0.1) is 12.8 Å². The van der Waals surface area contributed by atoms with Crippen LogP contribution in [0.15, 0.2) is 30.5 Å². The smallest absolute Gasteiger partial charge is 0.327 e. The second-order valence-corrected chi connectivity index (χ2v) is 4.96. The standard InChI is InChI=1S/C15H19N5O4/c1-2-3-8-24-12-6-4-11(5-7-12)17-15(23)18-13-9-16-20(19-13)10-14(21)22/h4-7,9H,2-3,8,10H2,1H3,(H,21,22)(H2,17,18,19,23). The monoisotopic (exact) mass is 333 g/mol. The van der Waals surface area contributed by atoms with E-state index in [-0.39, 0.29) is 12.4 Å². The summed E-state index contributed by atoms with van der Waals surface area (Å²) in [7, 11) is 0. The van der Waals surface area contributed by atoms with E-state index in [4.69, 9.17) is 9.84 Å². The second-order valence-electron chi connectivity index (χ2n) is 4.96. The average Bonchev–Trinajstić information content (AvgIpc) is 2.95. The third-order valence-electron chi connectivity index (χ3n) is 2.93. The zero-order chi connectivity index (χ0) is 17.4. The van der Waals surface area contributed by atoms with E-state index >= 15 is 0 Å². The lowest BCUT2D eigenvalue weighted by Gasteiger charge is -2.08. The molecule has 9 heteroatoms. The highest BCUT2D eigenvalue weighted by molar-refractivity contribution is 5.99. The first-order chi connectivity index (χ1) is 11.6. The van der Waals surface area contributed by atoms with Gasteiger partial charge in [-0.3, -0.25) is 10.1 Å². The van der Waals surface area contributed by atoms with Crippen LogP contribution in [0.3, 0.4) is 0 Å². The van der Waals surface area contributed by atoms with Gasteiger partial charge in [0.2, 0.25) is 0 Å². The quantitative estimate of drug-likeness (QED) is 0.637. The highest BCUT2D eigenvalue weighted by Gasteiger charge is 2.08. The number of carbonyl (C=O) groups is 2. The molecule has 2 amide bonds. The number of rotatable bonds is 8. The Morgan fingerprint density at radius 2 is 2.00 bits per heavy atom. The molecule has 1 aromatic heterocycles. The number of carboxylic acids is 1. The lowest BCUT2D eigenvalue weighted by molar-refractivity contribution is -0.138. The maximum absolute atomic E-state index is 11.9. The van der Waals surface area contributed by atoms with Crippen molar-refractivity contribution in [3.63, 3.8) is 0 Å². The SMILES string of the molecule is CCCCOc1ccc(NC(=O)Nc2cnn(CC(=O)O)n2)cc1. The van der Waals surface area contributed by atoms with E-state index in [2.05, 4.69) is 27.8 Å². The number of ether oxygens (including phenoxy) is 1. The summed E-state index contributed by atoms with van der Waals surface area (Å²) in [6.45, 7) is 2.38. The molecule has 0 unspecified atom stereocenters. The van der Waals surface area contributed by atoms with Crippen molar-refractivity contribution < 1.29 is 19.4 Å². The topological polar surface area (TPSA) is 118 Å². The van der Waals surface area contributed by atoms with Crippen molar-refractivity contribution in [1.29, 1.82) is 0 Å². The van der Waals surface area contributed by atoms with Crippen molar-refractivity contribution in [1.82, 2.24) is 15.0 Å². The third-order valence-corrected chi connectivity index (χ3v) is 2.93. The Labute approximate surface area is 138 Å². The fraction of sp³-hybridized carbons (Fsp3) is 0.333. The Balaban J connectivity index is 1.83. The van der Waals surface area contributed by atoms with E-state index in [1.54, 1.807) is 24.3 Å². The number of anilines is 2. The van der Waals surface area contributed by atoms with Gasteiger partial charge in [0.1, 0.15) is 5.75 Å². The highest BCUT2D eigenvalue weighted by atomic mass is 16.5. The number of carboxylic acid groups (broad SMARTS) is 1. The summed E-state index contributed by atoms with van der Waals surface area (Å²) in [5.74, 6) is -0.165. The zero-order valence-electron chi connectivity index (χ0n) is 13.2. The molecular formula is C15H19N5O4. The van der Waals surface area contributed by atoms with Gasteiger partial charge in [0.15, 0.2) is 12.4 Å². The molecule has 9 nitrogen and oxygen atoms in total. The molecule has 0 bridgehead atoms. The Hall–Kier alpha value is -3.10. The van der Waals surface area contributed by atoms with Crippen LogP contribution in [0.5, 0.6) is 5.75 Å². The fourth-order valence-electron chi connectivity index (χ4n) is 1.80. The van der Waals surface area contributed by atoms with E-state index in [9.17, 15) is 9.59 Å². The van der Waals surface area contributed by atoms with E-state index in [0.29, 0.717) is 12.3 Å². The molecule has 0 saturated heterocycles. The Morgan fingerprint density at radius 3 is 2.67 bits per heavy atom. The van der Waals surface area contributed by atoms with Gasteiger partial charge in [-0.1, -0.05) is 13.3 Å². The summed E-state index contributed by atoms with van der Waals surface area (Å²) in [5, 5.41) is 21.3. The molecule has 2 aromatic rings. The molecule has 0 aliphatic heterocycles. The molecule has 0 radical (unpaired) electrons. The van der Waals surface area contributed by atoms with Crippen molar-refractivity contribution in [2.45, 2.75) is 26.3 Å². The molecule has 128 valence electrons. The molecule has 0 atom stereocenters. The minimum atomic E-state index is -1.07. The summed E-state index contributed by atoms with van der Waals surface area (Å²) >= 11 is 0. The molecule has 24 heavy (non-hydrogen) atoms. The summed E-state index contributed by atoms with van der Waals surface area (Å²) < 4.78 is 5.54. The first kappa shape index (κ1) is 17.3. The van der Waals surface area contributed by atoms with Crippen LogP contribution in [0.2, 0.25) is 0 Å². The van der Waals surface area contributed by atoms with Gasteiger partial charge in [-0.05, 0) is 30.7 Å². The fourth-order valence-corrected chi connectivity index (χ4v) is 1.80. The van der Waals surface area contributed by atoms with Crippen LogP contribution in [-0.4, -0.2) is 38.7 Å². The number of aliphatic carboxylic acids is 1. The van der Waals surface area contributed by atoms with Crippen molar-refractivity contribution in [3.8, 4) is 5.75 Å². The van der Waals surface area contributed by atoms with Crippen molar-refractivity contribution in [2.24, 2.45) is 0 Å². The Morgan fingerprint density at radius 1 is 1.25 bits per heavy atom. The summed E-state index contributed by atoms with van der Waals surface area (Å²) in [6, 6.07) is 6.49. The molecule has 2 rings (SSSR count). The van der Waals surface area contributed by atoms with Crippen LogP contribution >= 0.6 is 0 Å². The number of nitrogens with one attached hydrogen (secondary N) is 2. The van der Waals surface area contributed by atoms with Crippen molar-refractivity contribution >= 4 is 23.5 Å². The van der Waals surface area contributed by atoms with Gasteiger partial charge >= 0.3 is 12.0 Å². The molecule has 1 aromatic carbocycles. The van der Waals surface area contributed by atoms with Crippen LogP contribution in [0.1, 0.15) is 19.8 Å². The van der Waals surface area contributed by atoms with Gasteiger partial charge in [-0.25, -0.2) is 4.79 Å². The first-order valence-corrected chi connectivity index (χ1v) is 7.49. The van der Waals surface area contributed by atoms with Crippen LogP contribution in [0, 0.1) is 0 Å². The third kappa shape index (κ3) is 5.59. The predicted molar refractivity (Wildman–Crippen MR) is 87.1 cm³/mol. The summed E-state index contributed by atoms with van der Waals surface area (Å²) in [6.07, 6.45) is 3.33. The molecule has 0 aliphatic rings. The number of amides is 2. The minimum Gasteiger partial charge on any atom is -0.494 e. The number of hydrogen-bond donors (Lipinski definition) is 3. The predicted octanol–water partition coefficient (Wildman–Crippen LogP) is 2.19. The Kier molecular flexibility index (Phi) is 6.12. The maximum atomic E-state index is 11.9. The summed E-state index contributed by atoms with van der Waals surface area (Å²) in [4.78, 5) is 23.4. The first-order valence-electron chi connectivity index (χ1n) is 7.49. The molecule has 0 spiro atoms. The summed E-state index contributed by atoms with van der Waals surface area (Å²) in [5.41, 5.74) is 0.591. The van der Waals surface area contributed by atoms with Crippen LogP contribution in [0.25, 0.3) is 0 Å². The number of aromatic nitrogens is 3. The molecule has 3 N–H and O–H groups in total. The van der Waals surface area contributed by atoms with Crippen LogP contribution in [0.4, 0.5) is 16.3 Å². The average molecular weight is 333 g/mol. The zero-order valence-corrected chi connectivity index (χ0v) is 13.2.